The van der Waals surface area contributed by atoms with Gasteiger partial charge in [-0.15, -0.1) is 0 Å². The predicted molar refractivity (Wildman–Crippen MR) is 195 cm³/mol. The topological polar surface area (TPSA) is 172 Å². The Morgan fingerprint density at radius 3 is 2.20 bits per heavy atom. The third kappa shape index (κ3) is 5.72. The number of nitrogens with zero attached hydrogens (tertiary/aromatic N) is 2. The number of hydrogen-bond donors (Lipinski definition) is 3. The standard InChI is InChI=1S/C39H37Cl2N3O10/c1-52-22-9-6-20(7-10-22)39-26(36(49)44(38(39)51)42-28-13-8-21(40)17-27(28)41)18-25-23(33(39)19-15-29(53-2)34(47)30(16-19)54-3)11-12-24-32(25)37(50)43(35(24)48)14-4-5-31(45)46/h6-11,13,15-17,24-26,32-33,42,47H,4-5,12,14,18H2,1-3H3,(H,45,46)/t24-,25+,26-,32-,33-,39+/m0/s1. The van der Waals surface area contributed by atoms with E-state index >= 15 is 4.79 Å². The first-order chi connectivity index (χ1) is 25.9. The monoisotopic (exact) mass is 777 g/mol. The van der Waals surface area contributed by atoms with Gasteiger partial charge in [-0.1, -0.05) is 47.0 Å². The fourth-order valence-electron chi connectivity index (χ4n) is 8.97. The van der Waals surface area contributed by atoms with Crippen molar-refractivity contribution in [1.82, 2.24) is 9.91 Å². The van der Waals surface area contributed by atoms with Crippen LogP contribution in [0.4, 0.5) is 5.69 Å². The molecule has 0 aromatic heterocycles. The molecule has 15 heteroatoms. The lowest BCUT2D eigenvalue weighted by molar-refractivity contribution is -0.142. The van der Waals surface area contributed by atoms with Crippen molar-refractivity contribution >= 4 is 58.5 Å². The molecule has 1 saturated carbocycles. The smallest absolute Gasteiger partial charge is 0.303 e. The summed E-state index contributed by atoms with van der Waals surface area (Å²) in [6, 6.07) is 14.6. The highest BCUT2D eigenvalue weighted by atomic mass is 35.5. The number of halogens is 2. The lowest BCUT2D eigenvalue weighted by atomic mass is 9.49. The van der Waals surface area contributed by atoms with Crippen molar-refractivity contribution in [1.29, 1.82) is 0 Å². The number of hydrogen-bond acceptors (Lipinski definition) is 10. The maximum absolute atomic E-state index is 15.4. The molecule has 7 rings (SSSR count). The van der Waals surface area contributed by atoms with Crippen LogP contribution in [-0.2, 0) is 29.4 Å². The first-order valence-electron chi connectivity index (χ1n) is 17.3. The number of nitrogens with one attached hydrogen (secondary N) is 1. The number of phenolic OH excluding ortho intramolecular Hbond substituents is 1. The van der Waals surface area contributed by atoms with Crippen molar-refractivity contribution < 1.29 is 48.4 Å². The minimum atomic E-state index is -1.65. The van der Waals surface area contributed by atoms with Gasteiger partial charge in [0, 0.05) is 23.9 Å². The number of anilines is 1. The number of phenols is 1. The summed E-state index contributed by atoms with van der Waals surface area (Å²) in [6.45, 7) is -0.0506. The van der Waals surface area contributed by atoms with Crippen LogP contribution in [0.5, 0.6) is 23.0 Å². The molecule has 0 spiro atoms. The van der Waals surface area contributed by atoms with Gasteiger partial charge in [0.05, 0.1) is 55.2 Å². The number of carbonyl (C=O) groups is 5. The number of carboxylic acids is 1. The molecule has 3 aromatic rings. The molecular formula is C39H37Cl2N3O10. The molecule has 3 N–H and O–H groups in total. The summed E-state index contributed by atoms with van der Waals surface area (Å²) in [5.74, 6) is -7.01. The normalized spacial score (nSPS) is 25.9. The Balaban J connectivity index is 1.45. The zero-order chi connectivity index (χ0) is 38.6. The number of aliphatic carboxylic acids is 1. The van der Waals surface area contributed by atoms with Gasteiger partial charge in [0.15, 0.2) is 11.5 Å². The summed E-state index contributed by atoms with van der Waals surface area (Å²) in [6.07, 6.45) is 1.97. The summed E-state index contributed by atoms with van der Waals surface area (Å²) in [5.41, 5.74) is 3.16. The molecule has 0 unspecified atom stereocenters. The summed E-state index contributed by atoms with van der Waals surface area (Å²) >= 11 is 12.7. The molecule has 13 nitrogen and oxygen atoms in total. The van der Waals surface area contributed by atoms with E-state index in [0.29, 0.717) is 27.5 Å². The van der Waals surface area contributed by atoms with E-state index in [4.69, 9.17) is 37.4 Å². The van der Waals surface area contributed by atoms with Gasteiger partial charge in [-0.25, -0.2) is 0 Å². The minimum Gasteiger partial charge on any atom is -0.502 e. The second-order valence-electron chi connectivity index (χ2n) is 13.8. The Kier molecular flexibility index (Phi) is 9.73. The number of carboxylic acid groups (broad SMARTS) is 1. The van der Waals surface area contributed by atoms with E-state index in [-0.39, 0.29) is 60.2 Å². The lowest BCUT2D eigenvalue weighted by Gasteiger charge is -2.50. The molecule has 3 fully saturated rings. The molecule has 54 heavy (non-hydrogen) atoms. The van der Waals surface area contributed by atoms with Crippen LogP contribution in [0.1, 0.15) is 42.7 Å². The molecule has 2 aliphatic heterocycles. The molecule has 0 radical (unpaired) electrons. The molecule has 282 valence electrons. The first-order valence-corrected chi connectivity index (χ1v) is 18.1. The highest BCUT2D eigenvalue weighted by Gasteiger charge is 2.70. The lowest BCUT2D eigenvalue weighted by Crippen LogP contribution is -2.53. The average Bonchev–Trinajstić information content (AvgIpc) is 3.53. The zero-order valence-electron chi connectivity index (χ0n) is 29.5. The van der Waals surface area contributed by atoms with Crippen LogP contribution in [0.3, 0.4) is 0 Å². The molecule has 0 bridgehead atoms. The van der Waals surface area contributed by atoms with Crippen molar-refractivity contribution in [3.05, 3.63) is 87.4 Å². The zero-order valence-corrected chi connectivity index (χ0v) is 31.0. The third-order valence-electron chi connectivity index (χ3n) is 11.3. The van der Waals surface area contributed by atoms with Gasteiger partial charge in [0.1, 0.15) is 5.75 Å². The Morgan fingerprint density at radius 1 is 0.907 bits per heavy atom. The fourth-order valence-corrected chi connectivity index (χ4v) is 9.42. The Bertz CT molecular complexity index is 2080. The maximum Gasteiger partial charge on any atom is 0.303 e. The molecule has 2 heterocycles. The number of carbonyl (C=O) groups excluding carboxylic acids is 4. The summed E-state index contributed by atoms with van der Waals surface area (Å²) in [7, 11) is 4.27. The Hall–Kier alpha value is -5.27. The van der Waals surface area contributed by atoms with Gasteiger partial charge in [0.25, 0.3) is 11.8 Å². The van der Waals surface area contributed by atoms with E-state index in [9.17, 15) is 29.4 Å². The second kappa shape index (κ2) is 14.2. The number of aromatic hydroxyl groups is 1. The van der Waals surface area contributed by atoms with Crippen LogP contribution in [0, 0.1) is 23.7 Å². The Morgan fingerprint density at radius 2 is 1.59 bits per heavy atom. The quantitative estimate of drug-likeness (QED) is 0.164. The van der Waals surface area contributed by atoms with E-state index in [0.717, 1.165) is 9.91 Å². The van der Waals surface area contributed by atoms with Crippen molar-refractivity contribution in [3.8, 4) is 23.0 Å². The molecule has 6 atom stereocenters. The van der Waals surface area contributed by atoms with Crippen LogP contribution in [0.25, 0.3) is 0 Å². The molecule has 3 aromatic carbocycles. The van der Waals surface area contributed by atoms with E-state index in [1.165, 1.54) is 27.4 Å². The number of benzene rings is 3. The van der Waals surface area contributed by atoms with Crippen molar-refractivity contribution in [2.45, 2.75) is 37.0 Å². The Labute approximate surface area is 320 Å². The van der Waals surface area contributed by atoms with E-state index in [1.54, 1.807) is 48.5 Å². The maximum atomic E-state index is 15.4. The van der Waals surface area contributed by atoms with E-state index in [1.807, 2.05) is 6.08 Å². The summed E-state index contributed by atoms with van der Waals surface area (Å²) < 4.78 is 16.6. The largest absolute Gasteiger partial charge is 0.502 e. The number of rotatable bonds is 11. The highest BCUT2D eigenvalue weighted by Crippen LogP contribution is 2.65. The second-order valence-corrected chi connectivity index (χ2v) is 14.7. The van der Waals surface area contributed by atoms with E-state index < -0.39 is 64.6 Å². The SMILES string of the molecule is COc1ccc([C@@]23C(=O)N(Nc4ccc(Cl)cc4Cl)C(=O)[C@@H]2C[C@@H]2C(=CC[C@@H]4C(=O)N(CCCC(=O)O)C(=O)[C@@H]42)[C@@H]3c2cc(OC)c(O)c(OC)c2)cc1. The molecule has 4 amide bonds. The molecule has 2 saturated heterocycles. The van der Waals surface area contributed by atoms with Gasteiger partial charge in [-0.05, 0) is 78.8 Å². The number of fused-ring (bicyclic) bond motifs is 4. The number of allylic oxidation sites excluding steroid dienone is 2. The van der Waals surface area contributed by atoms with Crippen LogP contribution in [0.15, 0.2) is 66.2 Å². The predicted octanol–water partition coefficient (Wildman–Crippen LogP) is 5.57. The summed E-state index contributed by atoms with van der Waals surface area (Å²) in [5, 5.41) is 21.7. The number of hydrazine groups is 1. The van der Waals surface area contributed by atoms with Gasteiger partial charge in [0.2, 0.25) is 17.6 Å². The summed E-state index contributed by atoms with van der Waals surface area (Å²) in [4.78, 5) is 70.7. The van der Waals surface area contributed by atoms with Gasteiger partial charge in [-0.2, -0.15) is 5.01 Å². The highest BCUT2D eigenvalue weighted by molar-refractivity contribution is 6.36. The van der Waals surface area contributed by atoms with Crippen LogP contribution in [0.2, 0.25) is 10.0 Å². The number of likely N-dealkylation sites (tertiary alicyclic amines) is 1. The van der Waals surface area contributed by atoms with Crippen LogP contribution >= 0.6 is 23.2 Å². The minimum absolute atomic E-state index is 0.0287. The van der Waals surface area contributed by atoms with Gasteiger partial charge >= 0.3 is 5.97 Å². The number of ether oxygens (including phenoxy) is 3. The third-order valence-corrected chi connectivity index (χ3v) is 11.8. The van der Waals surface area contributed by atoms with Crippen molar-refractivity contribution in [2.75, 3.05) is 33.3 Å². The fraction of sp³-hybridized carbons (Fsp3) is 0.359. The van der Waals surface area contributed by atoms with Crippen molar-refractivity contribution in [2.24, 2.45) is 23.7 Å². The number of imide groups is 2. The number of methoxy groups -OCH3 is 3. The van der Waals surface area contributed by atoms with Crippen LogP contribution < -0.4 is 19.6 Å². The van der Waals surface area contributed by atoms with Crippen LogP contribution in [-0.4, -0.2) is 77.6 Å². The number of amides is 4. The van der Waals surface area contributed by atoms with Crippen molar-refractivity contribution in [3.63, 3.8) is 0 Å². The molecule has 4 aliphatic rings. The average molecular weight is 779 g/mol. The van der Waals surface area contributed by atoms with Gasteiger partial charge in [-0.3, -0.25) is 34.3 Å². The molecular weight excluding hydrogens is 741 g/mol. The first kappa shape index (κ1) is 37.1. The van der Waals surface area contributed by atoms with Gasteiger partial charge < -0.3 is 24.4 Å². The van der Waals surface area contributed by atoms with E-state index in [2.05, 4.69) is 5.43 Å². The molecule has 2 aliphatic carbocycles.